The zero-order chi connectivity index (χ0) is 18.9. The average Bonchev–Trinajstić information content (AvgIpc) is 3.14. The minimum atomic E-state index is 0.0528. The largest absolute Gasteiger partial charge is 0.360 e. The van der Waals surface area contributed by atoms with Crippen molar-refractivity contribution in [1.29, 1.82) is 0 Å². The summed E-state index contributed by atoms with van der Waals surface area (Å²) in [5, 5.41) is 4.34. The monoisotopic (exact) mass is 373 g/mol. The van der Waals surface area contributed by atoms with E-state index < -0.39 is 0 Å². The van der Waals surface area contributed by atoms with Crippen molar-refractivity contribution in [3.05, 3.63) is 71.9 Å². The van der Waals surface area contributed by atoms with Crippen molar-refractivity contribution in [2.24, 2.45) is 0 Å². The minimum Gasteiger partial charge on any atom is -0.360 e. The quantitative estimate of drug-likeness (QED) is 0.708. The number of aromatic nitrogens is 1. The molecule has 0 saturated carbocycles. The van der Waals surface area contributed by atoms with E-state index in [0.717, 1.165) is 35.9 Å². The predicted molar refractivity (Wildman–Crippen MR) is 112 cm³/mol. The fourth-order valence-electron chi connectivity index (χ4n) is 5.17. The number of nitrogens with one attached hydrogen (secondary N) is 2. The standard InChI is InChI=1S/C24H27N3O/c28-24(22-15-25-23-12-5-4-11-21(22)23)26-18-13-19-9-6-10-20(14-18)27(19)16-17-7-2-1-3-8-17/h1-5,7-8,11-12,15,18-20,25H,6,9-10,13-14,16H2,(H,26,28). The van der Waals surface area contributed by atoms with E-state index in [2.05, 4.69) is 45.5 Å². The zero-order valence-corrected chi connectivity index (χ0v) is 16.1. The van der Waals surface area contributed by atoms with Gasteiger partial charge in [0.2, 0.25) is 0 Å². The summed E-state index contributed by atoms with van der Waals surface area (Å²) in [5.41, 5.74) is 3.16. The molecule has 1 aromatic heterocycles. The van der Waals surface area contributed by atoms with Crippen LogP contribution in [0.1, 0.15) is 48.0 Å². The molecule has 2 unspecified atom stereocenters. The van der Waals surface area contributed by atoms with Gasteiger partial charge >= 0.3 is 0 Å². The van der Waals surface area contributed by atoms with Crippen molar-refractivity contribution in [3.8, 4) is 0 Å². The molecule has 5 rings (SSSR count). The number of rotatable bonds is 4. The van der Waals surface area contributed by atoms with Gasteiger partial charge in [-0.3, -0.25) is 9.69 Å². The second-order valence-electron chi connectivity index (χ2n) is 8.29. The van der Waals surface area contributed by atoms with Crippen molar-refractivity contribution in [2.45, 2.75) is 56.8 Å². The Kier molecular flexibility index (Phi) is 4.65. The zero-order valence-electron chi connectivity index (χ0n) is 16.1. The number of hydrogen-bond donors (Lipinski definition) is 2. The summed E-state index contributed by atoms with van der Waals surface area (Å²) in [5.74, 6) is 0.0528. The van der Waals surface area contributed by atoms with Gasteiger partial charge in [0.05, 0.1) is 5.56 Å². The molecule has 2 fully saturated rings. The Labute approximate surface area is 165 Å². The predicted octanol–water partition coefficient (Wildman–Crippen LogP) is 4.48. The number of carbonyl (C=O) groups is 1. The minimum absolute atomic E-state index is 0.0528. The van der Waals surface area contributed by atoms with Gasteiger partial charge in [0.1, 0.15) is 0 Å². The molecule has 3 heterocycles. The maximum Gasteiger partial charge on any atom is 0.253 e. The van der Waals surface area contributed by atoms with Crippen LogP contribution in [0.3, 0.4) is 0 Å². The van der Waals surface area contributed by atoms with Crippen molar-refractivity contribution in [2.75, 3.05) is 0 Å². The van der Waals surface area contributed by atoms with Crippen LogP contribution in [-0.4, -0.2) is 33.9 Å². The van der Waals surface area contributed by atoms with E-state index in [0.29, 0.717) is 12.1 Å². The second-order valence-corrected chi connectivity index (χ2v) is 8.29. The van der Waals surface area contributed by atoms with Crippen LogP contribution in [0, 0.1) is 0 Å². The topological polar surface area (TPSA) is 48.1 Å². The highest BCUT2D eigenvalue weighted by Crippen LogP contribution is 2.35. The number of amides is 1. The van der Waals surface area contributed by atoms with E-state index in [1.807, 2.05) is 30.5 Å². The first-order chi connectivity index (χ1) is 13.8. The molecule has 1 amide bonds. The highest BCUT2D eigenvalue weighted by molar-refractivity contribution is 6.06. The van der Waals surface area contributed by atoms with E-state index in [4.69, 9.17) is 0 Å². The maximum atomic E-state index is 12.9. The number of H-pyrrole nitrogens is 1. The molecular formula is C24H27N3O. The molecule has 3 aromatic rings. The van der Waals surface area contributed by atoms with Crippen LogP contribution < -0.4 is 5.32 Å². The summed E-state index contributed by atoms with van der Waals surface area (Å²) >= 11 is 0. The maximum absolute atomic E-state index is 12.9. The van der Waals surface area contributed by atoms with Gasteiger partial charge in [-0.15, -0.1) is 0 Å². The number of fused-ring (bicyclic) bond motifs is 3. The van der Waals surface area contributed by atoms with Crippen LogP contribution in [0.25, 0.3) is 10.9 Å². The Hall–Kier alpha value is -2.59. The first-order valence-electron chi connectivity index (χ1n) is 10.4. The van der Waals surface area contributed by atoms with Gasteiger partial charge in [0.25, 0.3) is 5.91 Å². The lowest BCUT2D eigenvalue weighted by atomic mass is 9.81. The van der Waals surface area contributed by atoms with Gasteiger partial charge in [0.15, 0.2) is 0 Å². The summed E-state index contributed by atoms with van der Waals surface area (Å²) in [6.45, 7) is 1.03. The third kappa shape index (κ3) is 3.33. The second kappa shape index (κ2) is 7.44. The normalized spacial score (nSPS) is 24.9. The molecule has 2 aliphatic rings. The van der Waals surface area contributed by atoms with Crippen molar-refractivity contribution in [3.63, 3.8) is 0 Å². The molecular weight excluding hydrogens is 346 g/mol. The van der Waals surface area contributed by atoms with E-state index in [1.165, 1.54) is 24.8 Å². The molecule has 0 radical (unpaired) electrons. The number of nitrogens with zero attached hydrogens (tertiary/aromatic N) is 1. The van der Waals surface area contributed by atoms with Gasteiger partial charge in [0, 0.05) is 41.8 Å². The summed E-state index contributed by atoms with van der Waals surface area (Å²) < 4.78 is 0. The van der Waals surface area contributed by atoms with Crippen LogP contribution in [0.15, 0.2) is 60.8 Å². The lowest BCUT2D eigenvalue weighted by Crippen LogP contribution is -2.56. The first kappa shape index (κ1) is 17.5. The van der Waals surface area contributed by atoms with Gasteiger partial charge in [-0.1, -0.05) is 55.0 Å². The number of benzene rings is 2. The summed E-state index contributed by atoms with van der Waals surface area (Å²) in [6.07, 6.45) is 7.73. The Bertz CT molecular complexity index is 950. The van der Waals surface area contributed by atoms with E-state index in [9.17, 15) is 4.79 Å². The van der Waals surface area contributed by atoms with Crippen molar-refractivity contribution < 1.29 is 4.79 Å². The SMILES string of the molecule is O=C(NC1CC2CCCC(C1)N2Cc1ccccc1)c1c[nH]c2ccccc12. The van der Waals surface area contributed by atoms with Gasteiger partial charge in [-0.2, -0.15) is 0 Å². The molecule has 28 heavy (non-hydrogen) atoms. The van der Waals surface area contributed by atoms with Crippen LogP contribution in [0.2, 0.25) is 0 Å². The van der Waals surface area contributed by atoms with Crippen molar-refractivity contribution in [1.82, 2.24) is 15.2 Å². The fraction of sp³-hybridized carbons (Fsp3) is 0.375. The van der Waals surface area contributed by atoms with Gasteiger partial charge < -0.3 is 10.3 Å². The Morgan fingerprint density at radius 3 is 2.50 bits per heavy atom. The van der Waals surface area contributed by atoms with Crippen LogP contribution in [0.4, 0.5) is 0 Å². The summed E-state index contributed by atoms with van der Waals surface area (Å²) in [7, 11) is 0. The molecule has 2 atom stereocenters. The van der Waals surface area contributed by atoms with Crippen molar-refractivity contribution >= 4 is 16.8 Å². The van der Waals surface area contributed by atoms with Crippen LogP contribution >= 0.6 is 0 Å². The summed E-state index contributed by atoms with van der Waals surface area (Å²) in [6, 6.07) is 20.2. The fourth-order valence-corrected chi connectivity index (χ4v) is 5.17. The molecule has 2 saturated heterocycles. The summed E-state index contributed by atoms with van der Waals surface area (Å²) in [4.78, 5) is 18.8. The molecule has 2 bridgehead atoms. The number of hydrogen-bond acceptors (Lipinski definition) is 2. The highest BCUT2D eigenvalue weighted by Gasteiger charge is 2.38. The Morgan fingerprint density at radius 2 is 1.71 bits per heavy atom. The molecule has 2 aromatic carbocycles. The van der Waals surface area contributed by atoms with E-state index in [-0.39, 0.29) is 11.9 Å². The number of aromatic amines is 1. The molecule has 0 spiro atoms. The average molecular weight is 374 g/mol. The Morgan fingerprint density at radius 1 is 1.00 bits per heavy atom. The lowest BCUT2D eigenvalue weighted by Gasteiger charge is -2.49. The molecule has 144 valence electrons. The van der Waals surface area contributed by atoms with Gasteiger partial charge in [-0.05, 0) is 37.3 Å². The Balaban J connectivity index is 1.29. The molecule has 4 heteroatoms. The molecule has 0 aliphatic carbocycles. The number of para-hydroxylation sites is 1. The van der Waals surface area contributed by atoms with Crippen LogP contribution in [-0.2, 0) is 6.54 Å². The first-order valence-corrected chi connectivity index (χ1v) is 10.4. The molecule has 2 N–H and O–H groups in total. The van der Waals surface area contributed by atoms with Crippen LogP contribution in [0.5, 0.6) is 0 Å². The molecule has 2 aliphatic heterocycles. The highest BCUT2D eigenvalue weighted by atomic mass is 16.1. The molecule has 4 nitrogen and oxygen atoms in total. The smallest absolute Gasteiger partial charge is 0.253 e. The number of carbonyl (C=O) groups excluding carboxylic acids is 1. The van der Waals surface area contributed by atoms with Gasteiger partial charge in [-0.25, -0.2) is 0 Å². The van der Waals surface area contributed by atoms with E-state index in [1.54, 1.807) is 0 Å². The number of piperidine rings is 2. The lowest BCUT2D eigenvalue weighted by molar-refractivity contribution is 0.0177. The third-order valence-corrected chi connectivity index (χ3v) is 6.50. The third-order valence-electron chi connectivity index (χ3n) is 6.50. The van der Waals surface area contributed by atoms with E-state index >= 15 is 0 Å².